The number of nitrogens with one attached hydrogen (secondary N) is 3. The zero-order chi connectivity index (χ0) is 34.6. The van der Waals surface area contributed by atoms with E-state index in [9.17, 15) is 24.3 Å². The van der Waals surface area contributed by atoms with Crippen molar-refractivity contribution in [1.29, 1.82) is 0 Å². The fraction of sp³-hybridized carbons (Fsp3) is 0.556. The van der Waals surface area contributed by atoms with Crippen molar-refractivity contribution in [3.8, 4) is 5.75 Å². The topological polar surface area (TPSA) is 166 Å². The Hall–Kier alpha value is -4.32. The Balaban J connectivity index is 1.34. The summed E-state index contributed by atoms with van der Waals surface area (Å²) >= 11 is 0. The van der Waals surface area contributed by atoms with Gasteiger partial charge in [0.2, 0.25) is 11.8 Å². The Morgan fingerprint density at radius 2 is 1.71 bits per heavy atom. The first-order valence-corrected chi connectivity index (χ1v) is 17.2. The number of aliphatic hydroxyl groups excluding tert-OH is 1. The first kappa shape index (κ1) is 36.5. The quantitative estimate of drug-likeness (QED) is 0.149. The summed E-state index contributed by atoms with van der Waals surface area (Å²) in [6.07, 6.45) is 7.52. The molecule has 1 aliphatic heterocycles. The minimum absolute atomic E-state index is 0.124. The van der Waals surface area contributed by atoms with Gasteiger partial charge >= 0.3 is 6.03 Å². The molecule has 0 unspecified atom stereocenters. The van der Waals surface area contributed by atoms with Crippen LogP contribution in [0.3, 0.4) is 0 Å². The fourth-order valence-electron chi connectivity index (χ4n) is 6.20. The van der Waals surface area contributed by atoms with Gasteiger partial charge in [0.05, 0.1) is 36.1 Å². The molecule has 48 heavy (non-hydrogen) atoms. The lowest BCUT2D eigenvalue weighted by atomic mass is 9.96. The molecule has 1 fully saturated rings. The van der Waals surface area contributed by atoms with E-state index in [1.807, 2.05) is 13.0 Å². The highest BCUT2D eigenvalue weighted by molar-refractivity contribution is 6.00. The van der Waals surface area contributed by atoms with Crippen LogP contribution in [0.5, 0.6) is 5.75 Å². The van der Waals surface area contributed by atoms with Gasteiger partial charge in [-0.15, -0.1) is 0 Å². The summed E-state index contributed by atoms with van der Waals surface area (Å²) in [5.74, 6) is -0.398. The zero-order valence-corrected chi connectivity index (χ0v) is 28.5. The molecule has 2 aromatic rings. The first-order chi connectivity index (χ1) is 23.0. The lowest BCUT2D eigenvalue weighted by Crippen LogP contribution is -2.52. The van der Waals surface area contributed by atoms with Gasteiger partial charge in [0.15, 0.2) is 0 Å². The number of carbonyl (C=O) groups excluding carboxylic acids is 4. The number of nitrogens with two attached hydrogens (primary N) is 1. The van der Waals surface area contributed by atoms with Gasteiger partial charge in [-0.2, -0.15) is 0 Å². The summed E-state index contributed by atoms with van der Waals surface area (Å²) in [6.45, 7) is 4.21. The number of nitrogens with zero attached hydrogens (tertiary/aromatic N) is 2. The van der Waals surface area contributed by atoms with Crippen LogP contribution in [-0.4, -0.2) is 83.6 Å². The number of fused-ring (bicyclic) bond motifs is 1. The van der Waals surface area contributed by atoms with Crippen LogP contribution in [0.25, 0.3) is 0 Å². The molecule has 3 atom stereocenters. The van der Waals surface area contributed by atoms with Crippen molar-refractivity contribution >= 4 is 40.8 Å². The van der Waals surface area contributed by atoms with Crippen molar-refractivity contribution in [2.45, 2.75) is 96.2 Å². The fourth-order valence-corrected chi connectivity index (χ4v) is 6.20. The van der Waals surface area contributed by atoms with Crippen molar-refractivity contribution in [1.82, 2.24) is 15.1 Å². The summed E-state index contributed by atoms with van der Waals surface area (Å²) in [5.41, 5.74) is 7.72. The molecule has 0 bridgehead atoms. The van der Waals surface area contributed by atoms with E-state index in [1.165, 1.54) is 6.42 Å². The van der Waals surface area contributed by atoms with E-state index in [-0.39, 0.29) is 54.3 Å². The number of aliphatic hydroxyl groups is 1. The molecule has 5 amide bonds. The Bertz CT molecular complexity index is 1410. The number of rotatable bonds is 13. The number of urea groups is 1. The van der Waals surface area contributed by atoms with Gasteiger partial charge in [0, 0.05) is 44.1 Å². The van der Waals surface area contributed by atoms with Gasteiger partial charge in [-0.3, -0.25) is 14.4 Å². The van der Waals surface area contributed by atoms with Crippen LogP contribution in [0.15, 0.2) is 42.5 Å². The van der Waals surface area contributed by atoms with E-state index >= 15 is 0 Å². The smallest absolute Gasteiger partial charge is 0.317 e. The van der Waals surface area contributed by atoms with E-state index in [2.05, 4.69) is 16.0 Å². The van der Waals surface area contributed by atoms with Crippen LogP contribution in [0, 0.1) is 5.92 Å². The van der Waals surface area contributed by atoms with Gasteiger partial charge in [0.25, 0.3) is 5.91 Å². The Kier molecular flexibility index (Phi) is 13.5. The second-order valence-corrected chi connectivity index (χ2v) is 13.2. The molecular weight excluding hydrogens is 612 g/mol. The molecule has 0 spiro atoms. The number of nitrogen functional groups attached to an aromatic ring is 1. The lowest BCUT2D eigenvalue weighted by molar-refractivity contribution is -0.116. The van der Waals surface area contributed by atoms with E-state index in [4.69, 9.17) is 10.5 Å². The highest BCUT2D eigenvalue weighted by Crippen LogP contribution is 2.31. The number of para-hydroxylation sites is 2. The number of unbranched alkanes of at least 4 members (excludes halogenated alkanes) is 2. The molecule has 0 radical (unpaired) electrons. The molecule has 6 N–H and O–H groups in total. The largest absolute Gasteiger partial charge is 0.487 e. The van der Waals surface area contributed by atoms with Crippen LogP contribution >= 0.6 is 0 Å². The molecule has 1 heterocycles. The third kappa shape index (κ3) is 10.3. The lowest BCUT2D eigenvalue weighted by Gasteiger charge is -2.38. The van der Waals surface area contributed by atoms with E-state index in [0.717, 1.165) is 25.7 Å². The van der Waals surface area contributed by atoms with E-state index in [1.54, 1.807) is 60.2 Å². The number of hydrogen-bond acceptors (Lipinski definition) is 7. The third-order valence-electron chi connectivity index (χ3n) is 9.22. The van der Waals surface area contributed by atoms with Gasteiger partial charge in [-0.05, 0) is 62.9 Å². The zero-order valence-electron chi connectivity index (χ0n) is 28.5. The normalized spacial score (nSPS) is 18.8. The van der Waals surface area contributed by atoms with E-state index in [0.29, 0.717) is 61.6 Å². The molecule has 0 aromatic heterocycles. The van der Waals surface area contributed by atoms with Crippen LogP contribution in [0.2, 0.25) is 0 Å². The molecule has 1 saturated carbocycles. The van der Waals surface area contributed by atoms with Crippen molar-refractivity contribution in [3.63, 3.8) is 0 Å². The van der Waals surface area contributed by atoms with Crippen molar-refractivity contribution < 1.29 is 29.0 Å². The predicted octanol–water partition coefficient (Wildman–Crippen LogP) is 4.99. The van der Waals surface area contributed by atoms with Gasteiger partial charge in [0.1, 0.15) is 11.9 Å². The average molecular weight is 665 g/mol. The molecule has 12 heteroatoms. The number of anilines is 3. The summed E-state index contributed by atoms with van der Waals surface area (Å²) in [6, 6.07) is 11.7. The Morgan fingerprint density at radius 1 is 1.02 bits per heavy atom. The number of hydrogen-bond donors (Lipinski definition) is 5. The van der Waals surface area contributed by atoms with Crippen molar-refractivity contribution in [2.75, 3.05) is 43.1 Å². The summed E-state index contributed by atoms with van der Waals surface area (Å²) in [5, 5.41) is 18.8. The number of ether oxygens (including phenoxy) is 1. The summed E-state index contributed by atoms with van der Waals surface area (Å²) < 4.78 is 6.42. The molecule has 12 nitrogen and oxygen atoms in total. The predicted molar refractivity (Wildman–Crippen MR) is 187 cm³/mol. The van der Waals surface area contributed by atoms with Crippen LogP contribution in [0.1, 0.15) is 88.4 Å². The van der Waals surface area contributed by atoms with Crippen LogP contribution in [0.4, 0.5) is 21.9 Å². The van der Waals surface area contributed by atoms with Crippen LogP contribution < -0.4 is 26.4 Å². The maximum atomic E-state index is 13.8. The molecular formula is C36H52N6O6. The number of benzene rings is 2. The monoisotopic (exact) mass is 664 g/mol. The van der Waals surface area contributed by atoms with Crippen LogP contribution in [-0.2, 0) is 9.59 Å². The van der Waals surface area contributed by atoms with Gasteiger partial charge in [-0.1, -0.05) is 44.7 Å². The molecule has 2 aliphatic rings. The summed E-state index contributed by atoms with van der Waals surface area (Å²) in [7, 11) is 1.75. The third-order valence-corrected chi connectivity index (χ3v) is 9.22. The van der Waals surface area contributed by atoms with Gasteiger partial charge < -0.3 is 41.3 Å². The maximum absolute atomic E-state index is 13.8. The van der Waals surface area contributed by atoms with Crippen molar-refractivity contribution in [3.05, 3.63) is 48.0 Å². The second kappa shape index (κ2) is 17.7. The highest BCUT2D eigenvalue weighted by atomic mass is 16.5. The molecule has 0 saturated heterocycles. The molecule has 4 rings (SSSR count). The minimum Gasteiger partial charge on any atom is -0.487 e. The standard InChI is InChI=1S/C36H52N6O6/c1-24-21-42(25(2)23-43)35(46)28-20-27(38-33(44)16-8-5-9-17-34(45)40-30-15-11-10-14-29(30)37)18-19-31(28)48-32(24)22-41(3)36(47)39-26-12-6-4-7-13-26/h10-11,14-15,18-20,24-26,32,43H,4-9,12-13,16-17,21-23,37H2,1-3H3,(H,38,44)(H,39,47)(H,40,45)/t24-,25+,32+/m1/s1. The summed E-state index contributed by atoms with van der Waals surface area (Å²) in [4.78, 5) is 55.1. The first-order valence-electron chi connectivity index (χ1n) is 17.2. The maximum Gasteiger partial charge on any atom is 0.317 e. The van der Waals surface area contributed by atoms with Crippen molar-refractivity contribution in [2.24, 2.45) is 5.92 Å². The van der Waals surface area contributed by atoms with E-state index < -0.39 is 12.1 Å². The molecule has 2 aromatic carbocycles. The SMILES string of the molecule is C[C@@H]1CN([C@@H](C)CO)C(=O)c2cc(NC(=O)CCCCCC(=O)Nc3ccccc3N)ccc2O[C@H]1CN(C)C(=O)NC1CCCCC1. The molecule has 262 valence electrons. The van der Waals surface area contributed by atoms with Gasteiger partial charge in [-0.25, -0.2) is 4.79 Å². The second-order valence-electron chi connectivity index (χ2n) is 13.2. The Morgan fingerprint density at radius 3 is 2.40 bits per heavy atom. The molecule has 1 aliphatic carbocycles. The number of likely N-dealkylation sites (N-methyl/N-ethyl adjacent to an activating group) is 1. The average Bonchev–Trinajstić information content (AvgIpc) is 3.07. The number of carbonyl (C=O) groups is 4. The number of amides is 5. The highest BCUT2D eigenvalue weighted by Gasteiger charge is 2.34. The minimum atomic E-state index is -0.441. The Labute approximate surface area is 283 Å².